The van der Waals surface area contributed by atoms with Crippen LogP contribution < -0.4 is 15.4 Å². The molecule has 22 heavy (non-hydrogen) atoms. The minimum absolute atomic E-state index is 0.0874. The summed E-state index contributed by atoms with van der Waals surface area (Å²) < 4.78 is 6.67. The fourth-order valence-electron chi connectivity index (χ4n) is 2.03. The van der Waals surface area contributed by atoms with Gasteiger partial charge in [-0.1, -0.05) is 12.1 Å². The Morgan fingerprint density at radius 3 is 2.68 bits per heavy atom. The van der Waals surface area contributed by atoms with Crippen molar-refractivity contribution in [1.82, 2.24) is 0 Å². The van der Waals surface area contributed by atoms with E-state index in [9.17, 15) is 4.79 Å². The summed E-state index contributed by atoms with van der Waals surface area (Å²) in [7, 11) is 0. The first-order valence-corrected chi connectivity index (χ1v) is 8.19. The van der Waals surface area contributed by atoms with E-state index in [0.717, 1.165) is 26.3 Å². The van der Waals surface area contributed by atoms with Gasteiger partial charge in [-0.15, -0.1) is 0 Å². The molecule has 0 bridgehead atoms. The lowest BCUT2D eigenvalue weighted by Crippen LogP contribution is -2.22. The topological polar surface area (TPSA) is 50.4 Å². The van der Waals surface area contributed by atoms with Crippen molar-refractivity contribution in [2.75, 3.05) is 23.8 Å². The molecule has 2 rings (SSSR count). The van der Waals surface area contributed by atoms with Crippen LogP contribution >= 0.6 is 22.6 Å². The van der Waals surface area contributed by atoms with Crippen molar-refractivity contribution < 1.29 is 9.53 Å². The number of nitrogens with one attached hydrogen (secondary N) is 2. The SMILES string of the molecule is CCOc1ccccc1NCC(=O)Nc1ccc(I)cc1C. The monoisotopic (exact) mass is 410 g/mol. The van der Waals surface area contributed by atoms with Crippen LogP contribution in [0.25, 0.3) is 0 Å². The van der Waals surface area contributed by atoms with Crippen LogP contribution in [0.15, 0.2) is 42.5 Å². The van der Waals surface area contributed by atoms with Gasteiger partial charge in [0.25, 0.3) is 0 Å². The minimum Gasteiger partial charge on any atom is -0.492 e. The number of carbonyl (C=O) groups excluding carboxylic acids is 1. The Morgan fingerprint density at radius 2 is 1.95 bits per heavy atom. The van der Waals surface area contributed by atoms with Crippen molar-refractivity contribution in [2.24, 2.45) is 0 Å². The van der Waals surface area contributed by atoms with Crippen LogP contribution in [-0.4, -0.2) is 19.1 Å². The summed E-state index contributed by atoms with van der Waals surface area (Å²) in [5.74, 6) is 0.666. The smallest absolute Gasteiger partial charge is 0.243 e. The zero-order chi connectivity index (χ0) is 15.9. The standard InChI is InChI=1S/C17H19IN2O2/c1-3-22-16-7-5-4-6-15(16)19-11-17(21)20-14-9-8-13(18)10-12(14)2/h4-10,19H,3,11H2,1-2H3,(H,20,21). The summed E-state index contributed by atoms with van der Waals surface area (Å²) in [4.78, 5) is 12.1. The lowest BCUT2D eigenvalue weighted by atomic mass is 10.2. The number of hydrogen-bond donors (Lipinski definition) is 2. The van der Waals surface area contributed by atoms with Gasteiger partial charge in [0.2, 0.25) is 5.91 Å². The van der Waals surface area contributed by atoms with Gasteiger partial charge < -0.3 is 15.4 Å². The molecule has 2 aromatic carbocycles. The third-order valence-electron chi connectivity index (χ3n) is 3.09. The molecule has 0 atom stereocenters. The van der Waals surface area contributed by atoms with Crippen molar-refractivity contribution in [2.45, 2.75) is 13.8 Å². The number of benzene rings is 2. The van der Waals surface area contributed by atoms with E-state index < -0.39 is 0 Å². The first-order chi connectivity index (χ1) is 10.6. The minimum atomic E-state index is -0.0874. The Balaban J connectivity index is 1.95. The van der Waals surface area contributed by atoms with E-state index in [1.807, 2.05) is 56.3 Å². The van der Waals surface area contributed by atoms with Gasteiger partial charge >= 0.3 is 0 Å². The first-order valence-electron chi connectivity index (χ1n) is 7.12. The van der Waals surface area contributed by atoms with Crippen molar-refractivity contribution in [1.29, 1.82) is 0 Å². The molecule has 0 aromatic heterocycles. The second-order valence-electron chi connectivity index (χ2n) is 4.79. The number of aryl methyl sites for hydroxylation is 1. The summed E-state index contributed by atoms with van der Waals surface area (Å²) in [6, 6.07) is 13.5. The molecular weight excluding hydrogens is 391 g/mol. The molecule has 0 saturated heterocycles. The van der Waals surface area contributed by atoms with Crippen molar-refractivity contribution in [3.05, 3.63) is 51.6 Å². The Kier molecular flexibility index (Phi) is 6.06. The van der Waals surface area contributed by atoms with Gasteiger partial charge in [-0.2, -0.15) is 0 Å². The summed E-state index contributed by atoms with van der Waals surface area (Å²) in [6.45, 7) is 4.70. The van der Waals surface area contributed by atoms with E-state index in [4.69, 9.17) is 4.74 Å². The molecule has 0 aliphatic carbocycles. The fourth-order valence-corrected chi connectivity index (χ4v) is 2.68. The van der Waals surface area contributed by atoms with Gasteiger partial charge in [-0.25, -0.2) is 0 Å². The summed E-state index contributed by atoms with van der Waals surface area (Å²) in [5.41, 5.74) is 2.71. The number of carbonyl (C=O) groups is 1. The van der Waals surface area contributed by atoms with Gasteiger partial charge in [-0.3, -0.25) is 4.79 Å². The van der Waals surface area contributed by atoms with E-state index in [1.165, 1.54) is 0 Å². The second-order valence-corrected chi connectivity index (χ2v) is 6.04. The second kappa shape index (κ2) is 8.03. The van der Waals surface area contributed by atoms with Crippen LogP contribution in [0.1, 0.15) is 12.5 Å². The van der Waals surface area contributed by atoms with Crippen LogP contribution in [0.4, 0.5) is 11.4 Å². The summed E-state index contributed by atoms with van der Waals surface area (Å²) >= 11 is 2.25. The van der Waals surface area contributed by atoms with Gasteiger partial charge in [0.1, 0.15) is 5.75 Å². The maximum atomic E-state index is 12.1. The first kappa shape index (κ1) is 16.6. The molecule has 0 fully saturated rings. The van der Waals surface area contributed by atoms with E-state index in [1.54, 1.807) is 0 Å². The largest absolute Gasteiger partial charge is 0.492 e. The maximum Gasteiger partial charge on any atom is 0.243 e. The van der Waals surface area contributed by atoms with Gasteiger partial charge in [-0.05, 0) is 72.3 Å². The zero-order valence-electron chi connectivity index (χ0n) is 12.7. The lowest BCUT2D eigenvalue weighted by Gasteiger charge is -2.13. The number of rotatable bonds is 6. The Morgan fingerprint density at radius 1 is 1.18 bits per heavy atom. The Labute approximate surface area is 144 Å². The molecule has 0 saturated carbocycles. The molecule has 2 aromatic rings. The van der Waals surface area contributed by atoms with E-state index in [0.29, 0.717) is 6.61 Å². The predicted molar refractivity (Wildman–Crippen MR) is 98.6 cm³/mol. The molecule has 2 N–H and O–H groups in total. The average Bonchev–Trinajstić information content (AvgIpc) is 2.49. The average molecular weight is 410 g/mol. The van der Waals surface area contributed by atoms with Crippen molar-refractivity contribution >= 4 is 39.9 Å². The molecule has 0 aliphatic rings. The molecule has 0 heterocycles. The molecular formula is C17H19IN2O2. The van der Waals surface area contributed by atoms with Gasteiger partial charge in [0.15, 0.2) is 0 Å². The van der Waals surface area contributed by atoms with E-state index in [2.05, 4.69) is 33.2 Å². The fraction of sp³-hybridized carbons (Fsp3) is 0.235. The number of para-hydroxylation sites is 2. The summed E-state index contributed by atoms with van der Waals surface area (Å²) in [6.07, 6.45) is 0. The quantitative estimate of drug-likeness (QED) is 0.707. The highest BCUT2D eigenvalue weighted by molar-refractivity contribution is 14.1. The van der Waals surface area contributed by atoms with Gasteiger partial charge in [0, 0.05) is 9.26 Å². The third-order valence-corrected chi connectivity index (χ3v) is 3.76. The zero-order valence-corrected chi connectivity index (χ0v) is 14.8. The summed E-state index contributed by atoms with van der Waals surface area (Å²) in [5, 5.41) is 6.02. The van der Waals surface area contributed by atoms with Crippen molar-refractivity contribution in [3.8, 4) is 5.75 Å². The van der Waals surface area contributed by atoms with E-state index in [-0.39, 0.29) is 12.5 Å². The number of halogens is 1. The lowest BCUT2D eigenvalue weighted by molar-refractivity contribution is -0.114. The predicted octanol–water partition coefficient (Wildman–Crippen LogP) is 4.05. The molecule has 1 amide bonds. The molecule has 0 aliphatic heterocycles. The number of hydrogen-bond acceptors (Lipinski definition) is 3. The molecule has 5 heteroatoms. The Hall–Kier alpha value is -1.76. The normalized spacial score (nSPS) is 10.1. The van der Waals surface area contributed by atoms with Crippen LogP contribution in [0.3, 0.4) is 0 Å². The molecule has 0 spiro atoms. The highest BCUT2D eigenvalue weighted by Crippen LogP contribution is 2.23. The highest BCUT2D eigenvalue weighted by Gasteiger charge is 2.07. The maximum absolute atomic E-state index is 12.1. The highest BCUT2D eigenvalue weighted by atomic mass is 127. The molecule has 4 nitrogen and oxygen atoms in total. The third kappa shape index (κ3) is 4.62. The van der Waals surface area contributed by atoms with Gasteiger partial charge in [0.05, 0.1) is 18.8 Å². The van der Waals surface area contributed by atoms with Crippen LogP contribution in [0.2, 0.25) is 0 Å². The van der Waals surface area contributed by atoms with Crippen LogP contribution in [0.5, 0.6) is 5.75 Å². The van der Waals surface area contributed by atoms with Crippen molar-refractivity contribution in [3.63, 3.8) is 0 Å². The molecule has 0 unspecified atom stereocenters. The van der Waals surface area contributed by atoms with E-state index >= 15 is 0 Å². The molecule has 116 valence electrons. The van der Waals surface area contributed by atoms with Crippen LogP contribution in [0, 0.1) is 10.5 Å². The van der Waals surface area contributed by atoms with Crippen LogP contribution in [-0.2, 0) is 4.79 Å². The Bertz CT molecular complexity index is 659. The molecule has 0 radical (unpaired) electrons. The number of anilines is 2. The number of ether oxygens (including phenoxy) is 1. The number of amides is 1.